The Kier molecular flexibility index (Phi) is 2.28. The van der Waals surface area contributed by atoms with Gasteiger partial charge in [0.25, 0.3) is 0 Å². The molecule has 0 aliphatic rings. The molecule has 0 spiro atoms. The first-order valence-corrected chi connectivity index (χ1v) is 3.52. The first-order valence-electron chi connectivity index (χ1n) is 2.73. The van der Waals surface area contributed by atoms with E-state index in [4.69, 9.17) is 0 Å². The molecule has 3 heteroatoms. The molecule has 0 atom stereocenters. The molecule has 0 unspecified atom stereocenters. The number of aromatic nitrogens is 1. The maximum absolute atomic E-state index is 3.98. The molecule has 0 aliphatic carbocycles. The lowest BCUT2D eigenvalue weighted by atomic mass is 9.74. The fourth-order valence-corrected chi connectivity index (χ4v) is 0.969. The number of hydrogen-bond acceptors (Lipinski definition) is 1. The van der Waals surface area contributed by atoms with E-state index in [0.29, 0.717) is 0 Å². The number of pyridine rings is 1. The summed E-state index contributed by atoms with van der Waals surface area (Å²) in [6, 6.07) is 2.02. The van der Waals surface area contributed by atoms with Crippen LogP contribution in [0.1, 0.15) is 0 Å². The van der Waals surface area contributed by atoms with Gasteiger partial charge in [-0.05, 0) is 15.9 Å². The van der Waals surface area contributed by atoms with Crippen LogP contribution in [0.5, 0.6) is 0 Å². The van der Waals surface area contributed by atoms with Crippen LogP contribution in [0.2, 0.25) is 6.82 Å². The normalized spacial score (nSPS) is 9.11. The van der Waals surface area contributed by atoms with Crippen LogP contribution in [0.25, 0.3) is 0 Å². The van der Waals surface area contributed by atoms with E-state index in [1.807, 2.05) is 26.4 Å². The second kappa shape index (κ2) is 3.02. The zero-order valence-electron chi connectivity index (χ0n) is 5.13. The summed E-state index contributed by atoms with van der Waals surface area (Å²) in [5.41, 5.74) is 1.14. The third-order valence-electron chi connectivity index (χ3n) is 1.06. The Labute approximate surface area is 63.9 Å². The van der Waals surface area contributed by atoms with E-state index in [2.05, 4.69) is 20.9 Å². The predicted octanol–water partition coefficient (Wildman–Crippen LogP) is 1.22. The molecule has 1 nitrogen and oxygen atoms in total. The van der Waals surface area contributed by atoms with Crippen molar-refractivity contribution in [2.24, 2.45) is 0 Å². The van der Waals surface area contributed by atoms with Crippen LogP contribution in [-0.2, 0) is 0 Å². The van der Waals surface area contributed by atoms with Gasteiger partial charge in [-0.2, -0.15) is 0 Å². The molecule has 1 radical (unpaired) electrons. The predicted molar refractivity (Wildman–Crippen MR) is 43.2 cm³/mol. The van der Waals surface area contributed by atoms with Gasteiger partial charge in [-0.1, -0.05) is 18.4 Å². The molecule has 1 heterocycles. The van der Waals surface area contributed by atoms with Crippen LogP contribution in [0.3, 0.4) is 0 Å². The summed E-state index contributed by atoms with van der Waals surface area (Å²) in [7, 11) is 2.01. The van der Waals surface area contributed by atoms with E-state index in [1.165, 1.54) is 0 Å². The van der Waals surface area contributed by atoms with Crippen molar-refractivity contribution < 1.29 is 0 Å². The molecule has 0 aliphatic heterocycles. The quantitative estimate of drug-likeness (QED) is 0.596. The van der Waals surface area contributed by atoms with Gasteiger partial charge in [-0.25, -0.2) is 0 Å². The van der Waals surface area contributed by atoms with Crippen molar-refractivity contribution in [2.75, 3.05) is 0 Å². The molecule has 1 aromatic heterocycles. The van der Waals surface area contributed by atoms with Crippen LogP contribution in [0, 0.1) is 0 Å². The third-order valence-corrected chi connectivity index (χ3v) is 1.49. The standard InChI is InChI=1S/C6H6BBrN/c1-7-5-2-6(8)4-9-3-5/h2-4H,1H3. The van der Waals surface area contributed by atoms with Gasteiger partial charge < -0.3 is 0 Å². The lowest BCUT2D eigenvalue weighted by molar-refractivity contribution is 1.33. The minimum atomic E-state index is 1.03. The van der Waals surface area contributed by atoms with Gasteiger partial charge >= 0.3 is 0 Å². The van der Waals surface area contributed by atoms with Gasteiger partial charge in [0, 0.05) is 16.9 Å². The van der Waals surface area contributed by atoms with E-state index < -0.39 is 0 Å². The Balaban J connectivity index is 2.94. The van der Waals surface area contributed by atoms with Crippen LogP contribution in [-0.4, -0.2) is 12.3 Å². The maximum atomic E-state index is 3.98. The number of nitrogens with zero attached hydrogens (tertiary/aromatic N) is 1. The Morgan fingerprint density at radius 2 is 2.33 bits per heavy atom. The van der Waals surface area contributed by atoms with Crippen LogP contribution in [0.4, 0.5) is 0 Å². The Bertz CT molecular complexity index is 202. The largest absolute Gasteiger partial charge is 0.264 e. The van der Waals surface area contributed by atoms with Gasteiger partial charge in [-0.3, -0.25) is 4.98 Å². The monoisotopic (exact) mass is 182 g/mol. The fraction of sp³-hybridized carbons (Fsp3) is 0.167. The van der Waals surface area contributed by atoms with E-state index in [0.717, 1.165) is 9.94 Å². The molecule has 1 aromatic rings. The highest BCUT2D eigenvalue weighted by Gasteiger charge is 1.89. The van der Waals surface area contributed by atoms with Crippen LogP contribution < -0.4 is 5.46 Å². The van der Waals surface area contributed by atoms with Crippen molar-refractivity contribution >= 4 is 28.7 Å². The molecular weight excluding hydrogens is 177 g/mol. The summed E-state index contributed by atoms with van der Waals surface area (Å²) in [6.07, 6.45) is 3.60. The molecule has 0 fully saturated rings. The van der Waals surface area contributed by atoms with Crippen molar-refractivity contribution in [3.8, 4) is 0 Å². The number of hydrogen-bond donors (Lipinski definition) is 0. The Morgan fingerprint density at radius 1 is 1.56 bits per heavy atom. The second-order valence-electron chi connectivity index (χ2n) is 1.73. The second-order valence-corrected chi connectivity index (χ2v) is 2.64. The zero-order valence-corrected chi connectivity index (χ0v) is 6.72. The summed E-state index contributed by atoms with van der Waals surface area (Å²) in [4.78, 5) is 3.98. The van der Waals surface area contributed by atoms with Gasteiger partial charge in [-0.15, -0.1) is 0 Å². The highest BCUT2D eigenvalue weighted by Crippen LogP contribution is 2.02. The van der Waals surface area contributed by atoms with Crippen LogP contribution >= 0.6 is 15.9 Å². The molecule has 9 heavy (non-hydrogen) atoms. The lowest BCUT2D eigenvalue weighted by Gasteiger charge is -1.92. The summed E-state index contributed by atoms with van der Waals surface area (Å²) in [5.74, 6) is 0. The molecule has 0 N–H and O–H groups in total. The van der Waals surface area contributed by atoms with E-state index in [1.54, 1.807) is 6.20 Å². The number of halogens is 1. The molecule has 1 rings (SSSR count). The number of rotatable bonds is 1. The van der Waals surface area contributed by atoms with E-state index in [-0.39, 0.29) is 0 Å². The van der Waals surface area contributed by atoms with Crippen molar-refractivity contribution in [2.45, 2.75) is 6.82 Å². The molecule has 0 saturated carbocycles. The van der Waals surface area contributed by atoms with Gasteiger partial charge in [0.15, 0.2) is 0 Å². The SMILES string of the molecule is C[B]c1cncc(Br)c1. The Morgan fingerprint density at radius 3 is 2.78 bits per heavy atom. The van der Waals surface area contributed by atoms with Crippen molar-refractivity contribution in [1.29, 1.82) is 0 Å². The van der Waals surface area contributed by atoms with E-state index in [9.17, 15) is 0 Å². The third kappa shape index (κ3) is 1.82. The van der Waals surface area contributed by atoms with Crippen molar-refractivity contribution in [3.63, 3.8) is 0 Å². The molecular formula is C6H6BBrN. The smallest absolute Gasteiger partial charge is 0.150 e. The van der Waals surface area contributed by atoms with Crippen LogP contribution in [0.15, 0.2) is 22.9 Å². The van der Waals surface area contributed by atoms with Crippen molar-refractivity contribution in [1.82, 2.24) is 4.98 Å². The molecule has 0 aromatic carbocycles. The summed E-state index contributed by atoms with van der Waals surface area (Å²) >= 11 is 3.32. The highest BCUT2D eigenvalue weighted by molar-refractivity contribution is 9.10. The summed E-state index contributed by atoms with van der Waals surface area (Å²) in [5, 5.41) is 0. The van der Waals surface area contributed by atoms with Crippen molar-refractivity contribution in [3.05, 3.63) is 22.9 Å². The summed E-state index contributed by atoms with van der Waals surface area (Å²) < 4.78 is 1.03. The summed E-state index contributed by atoms with van der Waals surface area (Å²) in [6.45, 7) is 1.99. The first kappa shape index (κ1) is 6.81. The minimum Gasteiger partial charge on any atom is -0.264 e. The highest BCUT2D eigenvalue weighted by atomic mass is 79.9. The van der Waals surface area contributed by atoms with Gasteiger partial charge in [0.05, 0.1) is 0 Å². The molecule has 0 amide bonds. The van der Waals surface area contributed by atoms with E-state index >= 15 is 0 Å². The maximum Gasteiger partial charge on any atom is 0.150 e. The minimum absolute atomic E-state index is 1.03. The van der Waals surface area contributed by atoms with Gasteiger partial charge in [0.1, 0.15) is 7.28 Å². The average Bonchev–Trinajstić information content (AvgIpc) is 1.88. The zero-order chi connectivity index (χ0) is 6.69. The molecule has 45 valence electrons. The molecule has 0 saturated heterocycles. The first-order chi connectivity index (χ1) is 4.33. The average molecular weight is 183 g/mol. The van der Waals surface area contributed by atoms with Gasteiger partial charge in [0.2, 0.25) is 0 Å². The molecule has 0 bridgehead atoms. The fourth-order valence-electron chi connectivity index (χ4n) is 0.586. The lowest BCUT2D eigenvalue weighted by Crippen LogP contribution is -2.09. The topological polar surface area (TPSA) is 12.9 Å². The Hall–Kier alpha value is -0.305.